The van der Waals surface area contributed by atoms with Gasteiger partial charge in [-0.05, 0) is 35.7 Å². The minimum Gasteiger partial charge on any atom is -0.493 e. The number of carbonyl (C=O) groups is 2. The number of piperazine rings is 1. The van der Waals surface area contributed by atoms with Crippen LogP contribution in [0.3, 0.4) is 0 Å². The zero-order valence-corrected chi connectivity index (χ0v) is 17.7. The van der Waals surface area contributed by atoms with Crippen LogP contribution >= 0.6 is 0 Å². The molecule has 0 unspecified atom stereocenters. The number of hydrogen-bond acceptors (Lipinski definition) is 4. The molecule has 31 heavy (non-hydrogen) atoms. The second-order valence-corrected chi connectivity index (χ2v) is 8.07. The summed E-state index contributed by atoms with van der Waals surface area (Å²) in [6.07, 6.45) is 1.20. The molecular weight excluding hydrogens is 394 g/mol. The van der Waals surface area contributed by atoms with Gasteiger partial charge in [-0.1, -0.05) is 24.3 Å². The Morgan fingerprint density at radius 1 is 1.03 bits per heavy atom. The number of H-pyrrole nitrogens is 1. The molecule has 2 aliphatic heterocycles. The predicted octanol–water partition coefficient (Wildman–Crippen LogP) is 2.52. The van der Waals surface area contributed by atoms with E-state index in [0.717, 1.165) is 27.7 Å². The number of benzene rings is 2. The lowest BCUT2D eigenvalue weighted by Crippen LogP contribution is -2.61. The Balaban J connectivity index is 1.34. The summed E-state index contributed by atoms with van der Waals surface area (Å²) in [5, 5.41) is 1.14. The number of methoxy groups -OCH3 is 2. The van der Waals surface area contributed by atoms with Gasteiger partial charge in [0.1, 0.15) is 6.04 Å². The number of carbonyl (C=O) groups excluding carboxylic acids is 2. The van der Waals surface area contributed by atoms with Crippen LogP contribution in [0.2, 0.25) is 0 Å². The van der Waals surface area contributed by atoms with E-state index in [2.05, 4.69) is 11.1 Å². The van der Waals surface area contributed by atoms with Crippen molar-refractivity contribution in [3.8, 4) is 11.5 Å². The van der Waals surface area contributed by atoms with Gasteiger partial charge in [-0.25, -0.2) is 0 Å². The van der Waals surface area contributed by atoms with Gasteiger partial charge < -0.3 is 24.3 Å². The highest BCUT2D eigenvalue weighted by atomic mass is 16.5. The van der Waals surface area contributed by atoms with E-state index in [4.69, 9.17) is 9.47 Å². The molecule has 2 aliphatic rings. The van der Waals surface area contributed by atoms with Crippen LogP contribution in [0.4, 0.5) is 0 Å². The average molecular weight is 419 g/mol. The second kappa shape index (κ2) is 7.65. The van der Waals surface area contributed by atoms with Gasteiger partial charge in [-0.15, -0.1) is 0 Å². The largest absolute Gasteiger partial charge is 0.493 e. The smallest absolute Gasteiger partial charge is 0.246 e. The molecule has 0 aliphatic carbocycles. The van der Waals surface area contributed by atoms with Crippen molar-refractivity contribution in [2.45, 2.75) is 25.4 Å². The van der Waals surface area contributed by atoms with Crippen LogP contribution in [0.25, 0.3) is 10.9 Å². The van der Waals surface area contributed by atoms with Crippen LogP contribution in [0.1, 0.15) is 16.8 Å². The van der Waals surface area contributed by atoms with Crippen molar-refractivity contribution in [2.24, 2.45) is 0 Å². The van der Waals surface area contributed by atoms with Crippen LogP contribution in [0.15, 0.2) is 42.5 Å². The Labute approximate surface area is 180 Å². The quantitative estimate of drug-likeness (QED) is 0.690. The van der Waals surface area contributed by atoms with Crippen LogP contribution in [-0.2, 0) is 29.0 Å². The van der Waals surface area contributed by atoms with Crippen molar-refractivity contribution in [2.75, 3.05) is 27.3 Å². The maximum atomic E-state index is 13.3. The topological polar surface area (TPSA) is 74.9 Å². The Hall–Kier alpha value is -3.48. The molecule has 7 nitrogen and oxygen atoms in total. The van der Waals surface area contributed by atoms with Gasteiger partial charge in [0.25, 0.3) is 0 Å². The number of fused-ring (bicyclic) bond motifs is 4. The predicted molar refractivity (Wildman–Crippen MR) is 116 cm³/mol. The first-order chi connectivity index (χ1) is 15.1. The number of amides is 2. The Kier molecular flexibility index (Phi) is 4.81. The highest BCUT2D eigenvalue weighted by Gasteiger charge is 2.42. The van der Waals surface area contributed by atoms with Crippen molar-refractivity contribution in [1.29, 1.82) is 0 Å². The standard InChI is InChI=1S/C24H25N3O4/c1-30-21-8-7-15(11-22(21)31-2)9-10-26-14-23(28)27-13-19-17(12-20(27)24(26)29)16-5-3-4-6-18(16)25-19/h3-8,11,20,25H,9-10,12-14H2,1-2H3/t20-/m0/s1. The van der Waals surface area contributed by atoms with Crippen LogP contribution in [0.5, 0.6) is 11.5 Å². The van der Waals surface area contributed by atoms with Crippen molar-refractivity contribution < 1.29 is 19.1 Å². The first kappa shape index (κ1) is 19.5. The molecule has 1 aromatic heterocycles. The van der Waals surface area contributed by atoms with Crippen LogP contribution < -0.4 is 9.47 Å². The molecule has 5 rings (SSSR count). The van der Waals surface area contributed by atoms with Crippen molar-refractivity contribution in [1.82, 2.24) is 14.8 Å². The molecular formula is C24H25N3O4. The number of ether oxygens (including phenoxy) is 2. The van der Waals surface area contributed by atoms with Gasteiger partial charge in [0.05, 0.1) is 27.3 Å². The first-order valence-electron chi connectivity index (χ1n) is 10.5. The van der Waals surface area contributed by atoms with Gasteiger partial charge in [0.15, 0.2) is 11.5 Å². The molecule has 0 spiro atoms. The summed E-state index contributed by atoms with van der Waals surface area (Å²) in [5.41, 5.74) is 4.28. The van der Waals surface area contributed by atoms with E-state index in [-0.39, 0.29) is 18.4 Å². The van der Waals surface area contributed by atoms with Gasteiger partial charge in [0, 0.05) is 29.6 Å². The third kappa shape index (κ3) is 3.30. The fraction of sp³-hybridized carbons (Fsp3) is 0.333. The lowest BCUT2D eigenvalue weighted by atomic mass is 9.93. The lowest BCUT2D eigenvalue weighted by molar-refractivity contribution is -0.157. The molecule has 3 aromatic rings. The summed E-state index contributed by atoms with van der Waals surface area (Å²) >= 11 is 0. The summed E-state index contributed by atoms with van der Waals surface area (Å²) in [6.45, 7) is 1.08. The zero-order chi connectivity index (χ0) is 21.5. The number of nitrogens with zero attached hydrogens (tertiary/aromatic N) is 2. The molecule has 3 heterocycles. The molecule has 0 bridgehead atoms. The molecule has 7 heteroatoms. The van der Waals surface area contributed by atoms with Crippen molar-refractivity contribution in [3.63, 3.8) is 0 Å². The zero-order valence-electron chi connectivity index (χ0n) is 17.7. The van der Waals surface area contributed by atoms with Crippen molar-refractivity contribution in [3.05, 3.63) is 59.3 Å². The van der Waals surface area contributed by atoms with Gasteiger partial charge >= 0.3 is 0 Å². The molecule has 1 fully saturated rings. The van der Waals surface area contributed by atoms with Gasteiger partial charge in [-0.3, -0.25) is 9.59 Å². The summed E-state index contributed by atoms with van der Waals surface area (Å²) in [4.78, 5) is 33.0. The molecule has 160 valence electrons. The van der Waals surface area contributed by atoms with E-state index in [9.17, 15) is 9.59 Å². The number of hydrogen-bond donors (Lipinski definition) is 1. The summed E-state index contributed by atoms with van der Waals surface area (Å²) in [5.74, 6) is 1.35. The molecule has 2 amide bonds. The van der Waals surface area contributed by atoms with Crippen molar-refractivity contribution >= 4 is 22.7 Å². The van der Waals surface area contributed by atoms with E-state index < -0.39 is 6.04 Å². The average Bonchev–Trinajstić information content (AvgIpc) is 3.17. The van der Waals surface area contributed by atoms with Crippen LogP contribution in [-0.4, -0.2) is 59.9 Å². The highest BCUT2D eigenvalue weighted by molar-refractivity contribution is 5.96. The van der Waals surface area contributed by atoms with Gasteiger partial charge in [0.2, 0.25) is 11.8 Å². The van der Waals surface area contributed by atoms with E-state index in [1.807, 2.05) is 36.4 Å². The number of para-hydroxylation sites is 1. The number of aromatic nitrogens is 1. The van der Waals surface area contributed by atoms with Crippen LogP contribution in [0, 0.1) is 0 Å². The molecule has 1 saturated heterocycles. The van der Waals surface area contributed by atoms with E-state index >= 15 is 0 Å². The minimum absolute atomic E-state index is 0.00113. The maximum absolute atomic E-state index is 13.3. The minimum atomic E-state index is -0.432. The number of aromatic amines is 1. The molecule has 2 aromatic carbocycles. The fourth-order valence-corrected chi connectivity index (χ4v) is 4.72. The third-order valence-electron chi connectivity index (χ3n) is 6.37. The third-order valence-corrected chi connectivity index (χ3v) is 6.37. The summed E-state index contributed by atoms with van der Waals surface area (Å²) < 4.78 is 10.7. The lowest BCUT2D eigenvalue weighted by Gasteiger charge is -2.42. The number of nitrogens with one attached hydrogen (secondary N) is 1. The monoisotopic (exact) mass is 419 g/mol. The normalized spacial score (nSPS) is 18.2. The van der Waals surface area contributed by atoms with Gasteiger partial charge in [-0.2, -0.15) is 0 Å². The molecule has 0 saturated carbocycles. The number of rotatable bonds is 5. The summed E-state index contributed by atoms with van der Waals surface area (Å²) in [6, 6.07) is 13.4. The Morgan fingerprint density at radius 2 is 1.84 bits per heavy atom. The molecule has 1 N–H and O–H groups in total. The van der Waals surface area contributed by atoms with E-state index in [1.165, 1.54) is 0 Å². The molecule has 1 atom stereocenters. The van der Waals surface area contributed by atoms with E-state index in [1.54, 1.807) is 24.0 Å². The Morgan fingerprint density at radius 3 is 2.65 bits per heavy atom. The van der Waals surface area contributed by atoms with E-state index in [0.29, 0.717) is 37.4 Å². The molecule has 0 radical (unpaired) electrons. The summed E-state index contributed by atoms with van der Waals surface area (Å²) in [7, 11) is 3.20. The first-order valence-corrected chi connectivity index (χ1v) is 10.5. The second-order valence-electron chi connectivity index (χ2n) is 8.07. The maximum Gasteiger partial charge on any atom is 0.246 e. The highest BCUT2D eigenvalue weighted by Crippen LogP contribution is 2.33. The Bertz CT molecular complexity index is 1170. The fourth-order valence-electron chi connectivity index (χ4n) is 4.72. The SMILES string of the molecule is COc1ccc(CCN2CC(=O)N3Cc4[nH]c5ccccc5c4C[C@H]3C2=O)cc1OC.